The van der Waals surface area contributed by atoms with Gasteiger partial charge >= 0.3 is 0 Å². The molecule has 0 radical (unpaired) electrons. The summed E-state index contributed by atoms with van der Waals surface area (Å²) in [5, 5.41) is 9.63. The molecule has 19 heavy (non-hydrogen) atoms. The van der Waals surface area contributed by atoms with Crippen molar-refractivity contribution in [3.63, 3.8) is 0 Å². The van der Waals surface area contributed by atoms with Crippen molar-refractivity contribution in [3.8, 4) is 0 Å². The first-order valence-corrected chi connectivity index (χ1v) is 6.14. The van der Waals surface area contributed by atoms with Crippen molar-refractivity contribution in [3.05, 3.63) is 54.4 Å². The van der Waals surface area contributed by atoms with E-state index in [2.05, 4.69) is 15.0 Å². The lowest BCUT2D eigenvalue weighted by atomic mass is 10.2. The molecule has 1 N–H and O–H groups in total. The summed E-state index contributed by atoms with van der Waals surface area (Å²) < 4.78 is 1.90. The van der Waals surface area contributed by atoms with Gasteiger partial charge in [-0.05, 0) is 31.2 Å². The molecule has 0 saturated heterocycles. The van der Waals surface area contributed by atoms with Gasteiger partial charge in [0.2, 0.25) is 0 Å². The summed E-state index contributed by atoms with van der Waals surface area (Å²) in [6, 6.07) is 7.71. The lowest BCUT2D eigenvalue weighted by Crippen LogP contribution is -2.08. The molecule has 0 aliphatic carbocycles. The molecule has 0 spiro atoms. The minimum atomic E-state index is -0.586. The van der Waals surface area contributed by atoms with Gasteiger partial charge in [0.15, 0.2) is 0 Å². The highest BCUT2D eigenvalue weighted by molar-refractivity contribution is 5.73. The van der Waals surface area contributed by atoms with Gasteiger partial charge in [0, 0.05) is 18.6 Å². The molecule has 5 nitrogen and oxygen atoms in total. The van der Waals surface area contributed by atoms with Crippen LogP contribution in [-0.4, -0.2) is 24.6 Å². The van der Waals surface area contributed by atoms with Crippen LogP contribution in [0.15, 0.2) is 42.9 Å². The van der Waals surface area contributed by atoms with Crippen LogP contribution in [0.3, 0.4) is 0 Å². The molecule has 3 heterocycles. The quantitative estimate of drug-likeness (QED) is 0.775. The second-order valence-corrected chi connectivity index (χ2v) is 4.43. The van der Waals surface area contributed by atoms with Crippen molar-refractivity contribution < 1.29 is 5.11 Å². The first kappa shape index (κ1) is 11.8. The largest absolute Gasteiger partial charge is 0.385 e. The topological polar surface area (TPSA) is 63.8 Å². The maximum atomic E-state index is 9.63. The number of aliphatic hydroxyl groups is 1. The first-order chi connectivity index (χ1) is 9.24. The summed E-state index contributed by atoms with van der Waals surface area (Å²) in [6.07, 6.45) is 4.70. The van der Waals surface area contributed by atoms with Gasteiger partial charge in [-0.25, -0.2) is 9.97 Å². The highest BCUT2D eigenvalue weighted by Crippen LogP contribution is 2.13. The van der Waals surface area contributed by atoms with Crippen LogP contribution in [0.5, 0.6) is 0 Å². The Morgan fingerprint density at radius 1 is 1.16 bits per heavy atom. The zero-order valence-corrected chi connectivity index (χ0v) is 10.6. The number of fused-ring (bicyclic) bond motifs is 1. The number of imidazole rings is 1. The van der Waals surface area contributed by atoms with E-state index in [4.69, 9.17) is 0 Å². The average molecular weight is 254 g/mol. The van der Waals surface area contributed by atoms with E-state index in [0.717, 1.165) is 16.7 Å². The summed E-state index contributed by atoms with van der Waals surface area (Å²) in [5.41, 5.74) is 2.67. The molecule has 0 fully saturated rings. The van der Waals surface area contributed by atoms with E-state index in [1.165, 1.54) is 0 Å². The molecule has 5 heteroatoms. The Morgan fingerprint density at radius 2 is 2.05 bits per heavy atom. The Bertz CT molecular complexity index is 705. The Labute approximate surface area is 110 Å². The van der Waals surface area contributed by atoms with Crippen LogP contribution in [0.2, 0.25) is 0 Å². The number of hydrogen-bond acceptors (Lipinski definition) is 4. The molecule has 0 aliphatic heterocycles. The maximum absolute atomic E-state index is 9.63. The lowest BCUT2D eigenvalue weighted by molar-refractivity contribution is 0.184. The fourth-order valence-corrected chi connectivity index (χ4v) is 2.08. The van der Waals surface area contributed by atoms with Crippen molar-refractivity contribution >= 4 is 11.0 Å². The predicted octanol–water partition coefficient (Wildman–Crippen LogP) is 1.93. The predicted molar refractivity (Wildman–Crippen MR) is 71.5 cm³/mol. The van der Waals surface area contributed by atoms with Crippen LogP contribution < -0.4 is 0 Å². The van der Waals surface area contributed by atoms with E-state index in [9.17, 15) is 5.11 Å². The van der Waals surface area contributed by atoms with Crippen molar-refractivity contribution in [2.24, 2.45) is 0 Å². The van der Waals surface area contributed by atoms with E-state index >= 15 is 0 Å². The minimum absolute atomic E-state index is 0.586. The van der Waals surface area contributed by atoms with Gasteiger partial charge in [-0.2, -0.15) is 0 Å². The third kappa shape index (κ3) is 2.32. The van der Waals surface area contributed by atoms with Crippen LogP contribution in [0.1, 0.15) is 24.5 Å². The van der Waals surface area contributed by atoms with Crippen LogP contribution in [0.25, 0.3) is 11.0 Å². The molecule has 0 saturated carbocycles. The standard InChI is InChI=1S/C14H14N4O/c1-10(19)14-16-7-8-18(14)9-11-4-5-12-13(17-11)3-2-6-15-12/h2-8,10,19H,9H2,1H3. The minimum Gasteiger partial charge on any atom is -0.385 e. The Morgan fingerprint density at radius 3 is 2.89 bits per heavy atom. The molecule has 0 bridgehead atoms. The van der Waals surface area contributed by atoms with Crippen molar-refractivity contribution in [1.82, 2.24) is 19.5 Å². The molecule has 3 aromatic heterocycles. The van der Waals surface area contributed by atoms with Gasteiger partial charge in [0.1, 0.15) is 11.9 Å². The van der Waals surface area contributed by atoms with Gasteiger partial charge in [0.05, 0.1) is 23.3 Å². The number of hydrogen-bond donors (Lipinski definition) is 1. The van der Waals surface area contributed by atoms with Crippen LogP contribution in [0.4, 0.5) is 0 Å². The molecule has 0 aliphatic rings. The summed E-state index contributed by atoms with van der Waals surface area (Å²) in [6.45, 7) is 2.29. The van der Waals surface area contributed by atoms with Crippen LogP contribution in [0, 0.1) is 0 Å². The zero-order chi connectivity index (χ0) is 13.2. The highest BCUT2D eigenvalue weighted by Gasteiger charge is 2.09. The van der Waals surface area contributed by atoms with E-state index in [-0.39, 0.29) is 0 Å². The Balaban J connectivity index is 1.94. The maximum Gasteiger partial charge on any atom is 0.137 e. The van der Waals surface area contributed by atoms with Crippen molar-refractivity contribution in [1.29, 1.82) is 0 Å². The van der Waals surface area contributed by atoms with E-state index in [1.54, 1.807) is 19.3 Å². The summed E-state index contributed by atoms with van der Waals surface area (Å²) in [4.78, 5) is 12.9. The number of rotatable bonds is 3. The van der Waals surface area contributed by atoms with Crippen molar-refractivity contribution in [2.75, 3.05) is 0 Å². The second kappa shape index (κ2) is 4.78. The highest BCUT2D eigenvalue weighted by atomic mass is 16.3. The fraction of sp³-hybridized carbons (Fsp3) is 0.214. The van der Waals surface area contributed by atoms with Crippen molar-refractivity contribution in [2.45, 2.75) is 19.6 Å². The monoisotopic (exact) mass is 254 g/mol. The average Bonchev–Trinajstić information content (AvgIpc) is 2.87. The molecule has 3 aromatic rings. The molecule has 0 aromatic carbocycles. The van der Waals surface area contributed by atoms with E-state index in [1.807, 2.05) is 35.0 Å². The molecule has 1 atom stereocenters. The Hall–Kier alpha value is -2.27. The lowest BCUT2D eigenvalue weighted by Gasteiger charge is -2.09. The van der Waals surface area contributed by atoms with Gasteiger partial charge < -0.3 is 9.67 Å². The third-order valence-electron chi connectivity index (χ3n) is 2.97. The number of nitrogens with zero attached hydrogens (tertiary/aromatic N) is 4. The van der Waals surface area contributed by atoms with Crippen LogP contribution in [-0.2, 0) is 6.54 Å². The number of pyridine rings is 2. The van der Waals surface area contributed by atoms with Gasteiger partial charge in [-0.15, -0.1) is 0 Å². The molecule has 96 valence electrons. The fourth-order valence-electron chi connectivity index (χ4n) is 2.08. The summed E-state index contributed by atoms with van der Waals surface area (Å²) >= 11 is 0. The summed E-state index contributed by atoms with van der Waals surface area (Å²) in [7, 11) is 0. The first-order valence-electron chi connectivity index (χ1n) is 6.14. The second-order valence-electron chi connectivity index (χ2n) is 4.43. The van der Waals surface area contributed by atoms with Gasteiger partial charge in [0.25, 0.3) is 0 Å². The molecule has 1 unspecified atom stereocenters. The molecular weight excluding hydrogens is 240 g/mol. The molecule has 3 rings (SSSR count). The smallest absolute Gasteiger partial charge is 0.137 e. The normalized spacial score (nSPS) is 12.7. The summed E-state index contributed by atoms with van der Waals surface area (Å²) in [5.74, 6) is 0.646. The molecular formula is C14H14N4O. The number of aliphatic hydroxyl groups excluding tert-OH is 1. The van der Waals surface area contributed by atoms with E-state index in [0.29, 0.717) is 12.4 Å². The Kier molecular flexibility index (Phi) is 2.97. The molecule has 0 amide bonds. The van der Waals surface area contributed by atoms with E-state index < -0.39 is 6.10 Å². The zero-order valence-electron chi connectivity index (χ0n) is 10.6. The third-order valence-corrected chi connectivity index (χ3v) is 2.97. The SMILES string of the molecule is CC(O)c1nccn1Cc1ccc2ncccc2n1. The van der Waals surface area contributed by atoms with Gasteiger partial charge in [-0.1, -0.05) is 0 Å². The number of aromatic nitrogens is 4. The van der Waals surface area contributed by atoms with Gasteiger partial charge in [-0.3, -0.25) is 4.98 Å². The van der Waals surface area contributed by atoms with Crippen LogP contribution >= 0.6 is 0 Å².